The lowest BCUT2D eigenvalue weighted by atomic mass is 10.1. The van der Waals surface area contributed by atoms with E-state index in [-0.39, 0.29) is 17.8 Å². The lowest BCUT2D eigenvalue weighted by molar-refractivity contribution is -0.124. The highest BCUT2D eigenvalue weighted by atomic mass is 16.5. The number of benzene rings is 1. The molecular formula is C18H21NO4. The summed E-state index contributed by atoms with van der Waals surface area (Å²) >= 11 is 0. The first kappa shape index (κ1) is 15.6. The van der Waals surface area contributed by atoms with E-state index in [1.165, 1.54) is 7.11 Å². The van der Waals surface area contributed by atoms with Gasteiger partial charge in [0.25, 0.3) is 0 Å². The number of methoxy groups -OCH3 is 1. The molecule has 1 heterocycles. The van der Waals surface area contributed by atoms with Gasteiger partial charge in [0, 0.05) is 17.8 Å². The van der Waals surface area contributed by atoms with E-state index in [4.69, 9.17) is 9.15 Å². The Balaban J connectivity index is 1.65. The second kappa shape index (κ2) is 6.86. The van der Waals surface area contributed by atoms with Crippen LogP contribution in [0.4, 0.5) is 0 Å². The molecule has 3 rings (SSSR count). The number of amides is 1. The van der Waals surface area contributed by atoms with Crippen LogP contribution >= 0.6 is 0 Å². The SMILES string of the molecule is COC(=O)c1ccc2occ(CCNC(=O)C3CCCC3)c2c1. The molecule has 0 unspecified atom stereocenters. The number of esters is 1. The van der Waals surface area contributed by atoms with Gasteiger partial charge in [-0.2, -0.15) is 0 Å². The molecule has 1 N–H and O–H groups in total. The summed E-state index contributed by atoms with van der Waals surface area (Å²) in [6, 6.07) is 5.23. The molecule has 1 aliphatic carbocycles. The van der Waals surface area contributed by atoms with Crippen molar-refractivity contribution >= 4 is 22.8 Å². The zero-order valence-corrected chi connectivity index (χ0v) is 13.3. The average Bonchev–Trinajstić information content (AvgIpc) is 3.23. The highest BCUT2D eigenvalue weighted by Crippen LogP contribution is 2.25. The first-order valence-electron chi connectivity index (χ1n) is 8.05. The summed E-state index contributed by atoms with van der Waals surface area (Å²) in [6.45, 7) is 0.576. The van der Waals surface area contributed by atoms with Crippen LogP contribution < -0.4 is 5.32 Å². The number of carbonyl (C=O) groups excluding carboxylic acids is 2. The van der Waals surface area contributed by atoms with Gasteiger partial charge < -0.3 is 14.5 Å². The van der Waals surface area contributed by atoms with Crippen LogP contribution in [0.15, 0.2) is 28.9 Å². The number of fused-ring (bicyclic) bond motifs is 1. The van der Waals surface area contributed by atoms with Crippen molar-refractivity contribution in [2.24, 2.45) is 5.92 Å². The van der Waals surface area contributed by atoms with Crippen molar-refractivity contribution in [3.8, 4) is 0 Å². The summed E-state index contributed by atoms with van der Waals surface area (Å²) in [4.78, 5) is 23.7. The molecule has 1 aliphatic rings. The smallest absolute Gasteiger partial charge is 0.337 e. The third kappa shape index (κ3) is 3.38. The van der Waals surface area contributed by atoms with Crippen LogP contribution in [0.25, 0.3) is 11.0 Å². The predicted octanol–water partition coefficient (Wildman–Crippen LogP) is 3.07. The third-order valence-corrected chi connectivity index (χ3v) is 4.49. The molecule has 0 spiro atoms. The molecule has 5 heteroatoms. The van der Waals surface area contributed by atoms with Crippen LogP contribution in [0.5, 0.6) is 0 Å². The molecule has 1 fully saturated rings. The molecule has 0 bridgehead atoms. The molecule has 1 aromatic carbocycles. The van der Waals surface area contributed by atoms with Gasteiger partial charge in [-0.1, -0.05) is 12.8 Å². The maximum atomic E-state index is 12.0. The van der Waals surface area contributed by atoms with Crippen LogP contribution in [0.3, 0.4) is 0 Å². The maximum absolute atomic E-state index is 12.0. The van der Waals surface area contributed by atoms with Crippen molar-refractivity contribution in [3.63, 3.8) is 0 Å². The van der Waals surface area contributed by atoms with Gasteiger partial charge in [0.15, 0.2) is 0 Å². The van der Waals surface area contributed by atoms with E-state index >= 15 is 0 Å². The second-order valence-corrected chi connectivity index (χ2v) is 5.99. The lowest BCUT2D eigenvalue weighted by Crippen LogP contribution is -2.30. The molecule has 5 nitrogen and oxygen atoms in total. The summed E-state index contributed by atoms with van der Waals surface area (Å²) in [5.74, 6) is -0.0267. The van der Waals surface area contributed by atoms with Crippen molar-refractivity contribution in [2.75, 3.05) is 13.7 Å². The van der Waals surface area contributed by atoms with Crippen molar-refractivity contribution in [2.45, 2.75) is 32.1 Å². The van der Waals surface area contributed by atoms with Gasteiger partial charge in [-0.15, -0.1) is 0 Å². The number of furan rings is 1. The quantitative estimate of drug-likeness (QED) is 0.861. The zero-order valence-electron chi connectivity index (χ0n) is 13.3. The number of rotatable bonds is 5. The zero-order chi connectivity index (χ0) is 16.2. The molecule has 0 saturated heterocycles. The Bertz CT molecular complexity index is 713. The molecule has 2 aromatic rings. The minimum absolute atomic E-state index is 0.158. The van der Waals surface area contributed by atoms with Gasteiger partial charge in [-0.25, -0.2) is 4.79 Å². The fourth-order valence-corrected chi connectivity index (χ4v) is 3.17. The molecule has 0 radical (unpaired) electrons. The van der Waals surface area contributed by atoms with Gasteiger partial charge >= 0.3 is 5.97 Å². The van der Waals surface area contributed by atoms with Crippen LogP contribution in [-0.4, -0.2) is 25.5 Å². The van der Waals surface area contributed by atoms with Crippen molar-refractivity contribution in [1.82, 2.24) is 5.32 Å². The molecule has 23 heavy (non-hydrogen) atoms. The van der Waals surface area contributed by atoms with Gasteiger partial charge in [0.1, 0.15) is 5.58 Å². The molecule has 0 atom stereocenters. The molecule has 1 aromatic heterocycles. The van der Waals surface area contributed by atoms with Crippen LogP contribution in [0, 0.1) is 5.92 Å². The average molecular weight is 315 g/mol. The minimum atomic E-state index is -0.367. The normalized spacial score (nSPS) is 15.0. The number of ether oxygens (including phenoxy) is 1. The van der Waals surface area contributed by atoms with E-state index in [2.05, 4.69) is 5.32 Å². The topological polar surface area (TPSA) is 68.5 Å². The second-order valence-electron chi connectivity index (χ2n) is 5.99. The van der Waals surface area contributed by atoms with Gasteiger partial charge in [0.05, 0.1) is 18.9 Å². The van der Waals surface area contributed by atoms with Crippen LogP contribution in [-0.2, 0) is 16.0 Å². The van der Waals surface area contributed by atoms with E-state index in [1.54, 1.807) is 24.5 Å². The van der Waals surface area contributed by atoms with E-state index < -0.39 is 0 Å². The Morgan fingerprint density at radius 1 is 1.30 bits per heavy atom. The Morgan fingerprint density at radius 2 is 2.09 bits per heavy atom. The summed E-state index contributed by atoms with van der Waals surface area (Å²) in [7, 11) is 1.36. The van der Waals surface area contributed by atoms with E-state index in [9.17, 15) is 9.59 Å². The summed E-state index contributed by atoms with van der Waals surface area (Å²) in [6.07, 6.45) is 6.68. The standard InChI is InChI=1S/C18H21NO4/c1-22-18(21)13-6-7-16-15(10-13)14(11-23-16)8-9-19-17(20)12-4-2-3-5-12/h6-7,10-12H,2-5,8-9H2,1H3,(H,19,20). The first-order valence-corrected chi connectivity index (χ1v) is 8.05. The van der Waals surface area contributed by atoms with Gasteiger partial charge in [-0.05, 0) is 43.0 Å². The summed E-state index contributed by atoms with van der Waals surface area (Å²) in [5.41, 5.74) is 2.21. The third-order valence-electron chi connectivity index (χ3n) is 4.49. The fourth-order valence-electron chi connectivity index (χ4n) is 3.17. The van der Waals surface area contributed by atoms with Gasteiger partial charge in [-0.3, -0.25) is 4.79 Å². The summed E-state index contributed by atoms with van der Waals surface area (Å²) < 4.78 is 10.3. The lowest BCUT2D eigenvalue weighted by Gasteiger charge is -2.09. The Morgan fingerprint density at radius 3 is 2.83 bits per heavy atom. The predicted molar refractivity (Wildman–Crippen MR) is 86.2 cm³/mol. The van der Waals surface area contributed by atoms with Crippen LogP contribution in [0.2, 0.25) is 0 Å². The minimum Gasteiger partial charge on any atom is -0.465 e. The van der Waals surface area contributed by atoms with Crippen molar-refractivity contribution in [3.05, 3.63) is 35.6 Å². The number of hydrogen-bond donors (Lipinski definition) is 1. The number of carbonyl (C=O) groups is 2. The summed E-state index contributed by atoms with van der Waals surface area (Å²) in [5, 5.41) is 3.90. The number of hydrogen-bond acceptors (Lipinski definition) is 4. The number of nitrogens with one attached hydrogen (secondary N) is 1. The molecule has 1 saturated carbocycles. The Labute approximate surface area is 135 Å². The Kier molecular flexibility index (Phi) is 4.65. The van der Waals surface area contributed by atoms with Crippen molar-refractivity contribution in [1.29, 1.82) is 0 Å². The molecule has 1 amide bonds. The molecule has 0 aliphatic heterocycles. The highest BCUT2D eigenvalue weighted by molar-refractivity contribution is 5.95. The maximum Gasteiger partial charge on any atom is 0.337 e. The van der Waals surface area contributed by atoms with Crippen molar-refractivity contribution < 1.29 is 18.7 Å². The van der Waals surface area contributed by atoms with Gasteiger partial charge in [0.2, 0.25) is 5.91 Å². The largest absolute Gasteiger partial charge is 0.465 e. The molecular weight excluding hydrogens is 294 g/mol. The molecule has 122 valence electrons. The Hall–Kier alpha value is -2.30. The highest BCUT2D eigenvalue weighted by Gasteiger charge is 2.22. The van der Waals surface area contributed by atoms with Crippen LogP contribution in [0.1, 0.15) is 41.6 Å². The van der Waals surface area contributed by atoms with E-state index in [0.29, 0.717) is 18.5 Å². The van der Waals surface area contributed by atoms with E-state index in [0.717, 1.165) is 42.2 Å². The monoisotopic (exact) mass is 315 g/mol. The first-order chi connectivity index (χ1) is 11.2. The van der Waals surface area contributed by atoms with E-state index in [1.807, 2.05) is 0 Å². The fraction of sp³-hybridized carbons (Fsp3) is 0.444.